The lowest BCUT2D eigenvalue weighted by molar-refractivity contribution is -0.268. The first-order chi connectivity index (χ1) is 21.9. The molecule has 1 saturated heterocycles. The number of rotatable bonds is 9. The zero-order valence-corrected chi connectivity index (χ0v) is 25.8. The zero-order valence-electron chi connectivity index (χ0n) is 25.8. The number of esters is 4. The SMILES string of the molecule is COc1ccc(-c2cc(-c3ccccc3)c(C#N)c(=O)n2[C@@H]2O[C@H](COC(C)=O)[C@@H](OC(C)=O)[C@H](OC(C)=O)[C@@H]2OC(C)=O)cc1. The van der Waals surface area contributed by atoms with Gasteiger partial charge in [0.1, 0.15) is 30.1 Å². The molecule has 0 amide bonds. The van der Waals surface area contributed by atoms with Crippen LogP contribution in [0.5, 0.6) is 5.75 Å². The van der Waals surface area contributed by atoms with Gasteiger partial charge in [-0.25, -0.2) is 0 Å². The lowest BCUT2D eigenvalue weighted by atomic mass is 9.94. The molecule has 4 rings (SSSR count). The van der Waals surface area contributed by atoms with E-state index in [0.29, 0.717) is 22.4 Å². The number of aromatic nitrogens is 1. The van der Waals surface area contributed by atoms with Gasteiger partial charge in [0.05, 0.1) is 12.8 Å². The van der Waals surface area contributed by atoms with E-state index in [1.54, 1.807) is 60.7 Å². The molecule has 0 bridgehead atoms. The molecule has 0 unspecified atom stereocenters. The third kappa shape index (κ3) is 7.41. The first-order valence-electron chi connectivity index (χ1n) is 14.1. The molecule has 0 radical (unpaired) electrons. The number of pyridine rings is 1. The Balaban J connectivity index is 2.05. The second-order valence-corrected chi connectivity index (χ2v) is 10.3. The number of hydrogen-bond acceptors (Lipinski definition) is 12. The van der Waals surface area contributed by atoms with Gasteiger partial charge in [0.2, 0.25) is 0 Å². The molecule has 1 aromatic heterocycles. The van der Waals surface area contributed by atoms with E-state index >= 15 is 0 Å². The van der Waals surface area contributed by atoms with Gasteiger partial charge in [-0.3, -0.25) is 28.5 Å². The Labute approximate surface area is 264 Å². The molecule has 1 fully saturated rings. The van der Waals surface area contributed by atoms with Gasteiger partial charge in [-0.2, -0.15) is 5.26 Å². The van der Waals surface area contributed by atoms with E-state index in [0.717, 1.165) is 32.3 Å². The van der Waals surface area contributed by atoms with Crippen LogP contribution in [-0.2, 0) is 42.9 Å². The molecule has 13 heteroatoms. The fourth-order valence-electron chi connectivity index (χ4n) is 5.23. The summed E-state index contributed by atoms with van der Waals surface area (Å²) in [7, 11) is 1.50. The van der Waals surface area contributed by atoms with Crippen LogP contribution in [0.4, 0.5) is 0 Å². The first-order valence-corrected chi connectivity index (χ1v) is 14.1. The smallest absolute Gasteiger partial charge is 0.303 e. The third-order valence-corrected chi connectivity index (χ3v) is 7.05. The maximum atomic E-state index is 14.4. The molecular formula is C33H32N2O11. The van der Waals surface area contributed by atoms with Gasteiger partial charge in [-0.15, -0.1) is 0 Å². The van der Waals surface area contributed by atoms with Crippen molar-refractivity contribution in [3.05, 3.63) is 76.6 Å². The van der Waals surface area contributed by atoms with Crippen LogP contribution >= 0.6 is 0 Å². The summed E-state index contributed by atoms with van der Waals surface area (Å²) in [6.45, 7) is 3.96. The van der Waals surface area contributed by atoms with Crippen molar-refractivity contribution < 1.29 is 47.6 Å². The minimum absolute atomic E-state index is 0.228. The van der Waals surface area contributed by atoms with Gasteiger partial charge in [-0.05, 0) is 41.5 Å². The Hall–Kier alpha value is -5.48. The highest BCUT2D eigenvalue weighted by Crippen LogP contribution is 2.38. The third-order valence-electron chi connectivity index (χ3n) is 7.05. The number of ether oxygens (including phenoxy) is 6. The number of hydrogen-bond donors (Lipinski definition) is 0. The molecule has 2 aromatic carbocycles. The fourth-order valence-corrected chi connectivity index (χ4v) is 5.23. The summed E-state index contributed by atoms with van der Waals surface area (Å²) in [5.41, 5.74) is 0.533. The van der Waals surface area contributed by atoms with Crippen LogP contribution in [0.2, 0.25) is 0 Å². The molecule has 46 heavy (non-hydrogen) atoms. The maximum Gasteiger partial charge on any atom is 0.303 e. The van der Waals surface area contributed by atoms with E-state index in [2.05, 4.69) is 0 Å². The van der Waals surface area contributed by atoms with Gasteiger partial charge in [0, 0.05) is 33.3 Å². The summed E-state index contributed by atoms with van der Waals surface area (Å²) in [5.74, 6) is -2.62. The number of carbonyl (C=O) groups excluding carboxylic acids is 4. The molecule has 3 aromatic rings. The largest absolute Gasteiger partial charge is 0.497 e. The topological polar surface area (TPSA) is 169 Å². The zero-order chi connectivity index (χ0) is 33.5. The van der Waals surface area contributed by atoms with E-state index in [9.17, 15) is 29.2 Å². The van der Waals surface area contributed by atoms with Crippen LogP contribution in [0.3, 0.4) is 0 Å². The molecule has 1 aliphatic rings. The Morgan fingerprint density at radius 2 is 1.39 bits per heavy atom. The molecule has 5 atom stereocenters. The molecule has 13 nitrogen and oxygen atoms in total. The Bertz CT molecular complexity index is 1710. The van der Waals surface area contributed by atoms with Gasteiger partial charge in [-0.1, -0.05) is 30.3 Å². The Kier molecular flexibility index (Phi) is 10.6. The van der Waals surface area contributed by atoms with Crippen molar-refractivity contribution in [3.8, 4) is 34.2 Å². The van der Waals surface area contributed by atoms with Crippen molar-refractivity contribution in [1.82, 2.24) is 4.57 Å². The lowest BCUT2D eigenvalue weighted by Gasteiger charge is -2.45. The Morgan fingerprint density at radius 1 is 0.804 bits per heavy atom. The van der Waals surface area contributed by atoms with Crippen LogP contribution in [0, 0.1) is 11.3 Å². The van der Waals surface area contributed by atoms with Crippen LogP contribution in [0.1, 0.15) is 39.5 Å². The average Bonchev–Trinajstić information content (AvgIpc) is 3.01. The normalized spacial score (nSPS) is 20.5. The molecular weight excluding hydrogens is 600 g/mol. The van der Waals surface area contributed by atoms with Crippen LogP contribution in [0.25, 0.3) is 22.4 Å². The van der Waals surface area contributed by atoms with Crippen LogP contribution in [0.15, 0.2) is 65.5 Å². The molecule has 0 N–H and O–H groups in total. The predicted octanol–water partition coefficient (Wildman–Crippen LogP) is 3.32. The van der Waals surface area contributed by atoms with E-state index in [1.165, 1.54) is 7.11 Å². The fraction of sp³-hybridized carbons (Fsp3) is 0.333. The summed E-state index contributed by atoms with van der Waals surface area (Å²) in [6, 6.07) is 19.1. The molecule has 1 aliphatic heterocycles. The number of nitriles is 1. The summed E-state index contributed by atoms with van der Waals surface area (Å²) in [5, 5.41) is 10.2. The van der Waals surface area contributed by atoms with E-state index in [1.807, 2.05) is 6.07 Å². The highest BCUT2D eigenvalue weighted by Gasteiger charge is 2.53. The second kappa shape index (κ2) is 14.5. The highest BCUT2D eigenvalue weighted by atomic mass is 16.7. The molecule has 2 heterocycles. The summed E-state index contributed by atoms with van der Waals surface area (Å²) in [6.07, 6.45) is -7.44. The molecule has 0 saturated carbocycles. The Morgan fingerprint density at radius 3 is 1.93 bits per heavy atom. The summed E-state index contributed by atoms with van der Waals surface area (Å²) < 4.78 is 34.5. The van der Waals surface area contributed by atoms with Crippen molar-refractivity contribution in [2.45, 2.75) is 58.3 Å². The number of nitrogens with zero attached hydrogens (tertiary/aromatic N) is 2. The van der Waals surface area contributed by atoms with E-state index in [-0.39, 0.29) is 11.3 Å². The van der Waals surface area contributed by atoms with Crippen LogP contribution in [-0.4, -0.2) is 66.6 Å². The predicted molar refractivity (Wildman–Crippen MR) is 160 cm³/mol. The number of carbonyl (C=O) groups is 4. The quantitative estimate of drug-likeness (QED) is 0.250. The van der Waals surface area contributed by atoms with E-state index < -0.39 is 66.7 Å². The molecule has 240 valence electrons. The first kappa shape index (κ1) is 33.4. The van der Waals surface area contributed by atoms with Gasteiger partial charge >= 0.3 is 23.9 Å². The molecule has 0 aliphatic carbocycles. The monoisotopic (exact) mass is 632 g/mol. The standard InChI is InChI=1S/C33H32N2O11/c1-18(36)42-17-28-29(43-19(2)37)30(44-20(3)38)31(45-21(4)39)33(46-28)35-27(23-11-13-24(41-5)14-12-23)15-25(26(16-34)32(35)40)22-9-7-6-8-10-22/h6-15,28-31,33H,17H2,1-5H3/t28-,29-,30+,31+,33-/m1/s1. The van der Waals surface area contributed by atoms with Crippen molar-refractivity contribution in [3.63, 3.8) is 0 Å². The van der Waals surface area contributed by atoms with Crippen molar-refractivity contribution in [2.75, 3.05) is 13.7 Å². The van der Waals surface area contributed by atoms with E-state index in [4.69, 9.17) is 28.4 Å². The van der Waals surface area contributed by atoms with Crippen molar-refractivity contribution >= 4 is 23.9 Å². The van der Waals surface area contributed by atoms with Gasteiger partial charge in [0.15, 0.2) is 24.5 Å². The summed E-state index contributed by atoms with van der Waals surface area (Å²) >= 11 is 0. The average molecular weight is 633 g/mol. The van der Waals surface area contributed by atoms with Gasteiger partial charge < -0.3 is 28.4 Å². The maximum absolute atomic E-state index is 14.4. The molecule has 0 spiro atoms. The van der Waals surface area contributed by atoms with Crippen molar-refractivity contribution in [2.24, 2.45) is 0 Å². The van der Waals surface area contributed by atoms with Crippen molar-refractivity contribution in [1.29, 1.82) is 5.26 Å². The minimum Gasteiger partial charge on any atom is -0.497 e. The highest BCUT2D eigenvalue weighted by molar-refractivity contribution is 5.76. The second-order valence-electron chi connectivity index (χ2n) is 10.3. The lowest BCUT2D eigenvalue weighted by Crippen LogP contribution is -2.61. The van der Waals surface area contributed by atoms with Gasteiger partial charge in [0.25, 0.3) is 5.56 Å². The minimum atomic E-state index is -1.58. The van der Waals surface area contributed by atoms with Crippen LogP contribution < -0.4 is 10.3 Å². The number of methoxy groups -OCH3 is 1. The number of benzene rings is 2. The summed E-state index contributed by atoms with van der Waals surface area (Å²) in [4.78, 5) is 63.2.